The average Bonchev–Trinajstić information content (AvgIpc) is 3.59. The molecule has 1 fully saturated rings. The van der Waals surface area contributed by atoms with Crippen LogP contribution in [-0.4, -0.2) is 136 Å². The van der Waals surface area contributed by atoms with Crippen LogP contribution in [0.2, 0.25) is 0 Å². The van der Waals surface area contributed by atoms with E-state index in [0.717, 1.165) is 12.0 Å². The van der Waals surface area contributed by atoms with Gasteiger partial charge >= 0.3 is 5.97 Å². The SMILES string of the molecule is COC(=O)C(Cc1ccccc1)NC(=O)[C@H](C)[C@@H](OC)[C@@H]1CCCN1C(=O)C[C@@H](OC)[C@H](C(C)C)N(C)C(=O)[C@@H](NC(=O)C(C(C)C)N(C)C)C(C)C. The van der Waals surface area contributed by atoms with Crippen LogP contribution in [0.3, 0.4) is 0 Å². The molecule has 13 nitrogen and oxygen atoms in total. The Morgan fingerprint density at radius 2 is 1.45 bits per heavy atom. The molecule has 0 spiro atoms. The second kappa shape index (κ2) is 21.4. The van der Waals surface area contributed by atoms with Gasteiger partial charge in [0.1, 0.15) is 12.1 Å². The summed E-state index contributed by atoms with van der Waals surface area (Å²) < 4.78 is 16.9. The predicted molar refractivity (Wildman–Crippen MR) is 205 cm³/mol. The molecule has 1 saturated heterocycles. The van der Waals surface area contributed by atoms with Gasteiger partial charge in [-0.1, -0.05) is 78.8 Å². The molecular formula is C40H67N5O8. The van der Waals surface area contributed by atoms with E-state index in [4.69, 9.17) is 14.2 Å². The lowest BCUT2D eigenvalue weighted by molar-refractivity contribution is -0.148. The molecule has 0 saturated carbocycles. The second-order valence-electron chi connectivity index (χ2n) is 15.6. The summed E-state index contributed by atoms with van der Waals surface area (Å²) >= 11 is 0. The normalized spacial score (nSPS) is 18.7. The van der Waals surface area contributed by atoms with Crippen LogP contribution in [0.15, 0.2) is 30.3 Å². The first-order chi connectivity index (χ1) is 24.9. The number of nitrogens with zero attached hydrogens (tertiary/aromatic N) is 3. The first-order valence-corrected chi connectivity index (χ1v) is 18.9. The molecule has 1 aliphatic rings. The van der Waals surface area contributed by atoms with E-state index in [2.05, 4.69) is 10.6 Å². The molecule has 1 heterocycles. The number of carbonyl (C=O) groups is 5. The van der Waals surface area contributed by atoms with Crippen molar-refractivity contribution in [2.75, 3.05) is 49.0 Å². The lowest BCUT2D eigenvalue weighted by Crippen LogP contribution is -2.59. The highest BCUT2D eigenvalue weighted by Gasteiger charge is 2.43. The van der Waals surface area contributed by atoms with Crippen LogP contribution in [0.5, 0.6) is 0 Å². The van der Waals surface area contributed by atoms with Gasteiger partial charge in [-0.25, -0.2) is 4.79 Å². The zero-order valence-electron chi connectivity index (χ0n) is 34.4. The van der Waals surface area contributed by atoms with Crippen LogP contribution in [0, 0.1) is 23.7 Å². The average molecular weight is 746 g/mol. The summed E-state index contributed by atoms with van der Waals surface area (Å²) in [4.78, 5) is 73.1. The zero-order valence-corrected chi connectivity index (χ0v) is 34.4. The summed E-state index contributed by atoms with van der Waals surface area (Å²) in [5.74, 6) is -2.49. The highest BCUT2D eigenvalue weighted by Crippen LogP contribution is 2.29. The molecule has 0 aromatic heterocycles. The summed E-state index contributed by atoms with van der Waals surface area (Å²) in [7, 11) is 9.75. The fourth-order valence-corrected chi connectivity index (χ4v) is 7.79. The Morgan fingerprint density at radius 1 is 0.830 bits per heavy atom. The van der Waals surface area contributed by atoms with Crippen LogP contribution in [-0.2, 0) is 44.6 Å². The Hall–Kier alpha value is -3.55. The molecule has 1 aromatic rings. The maximum Gasteiger partial charge on any atom is 0.328 e. The van der Waals surface area contributed by atoms with E-state index >= 15 is 0 Å². The zero-order chi connectivity index (χ0) is 40.2. The molecule has 0 radical (unpaired) electrons. The van der Waals surface area contributed by atoms with Crippen LogP contribution in [0.1, 0.15) is 73.3 Å². The molecule has 2 unspecified atom stereocenters. The molecule has 8 atom stereocenters. The van der Waals surface area contributed by atoms with Crippen molar-refractivity contribution >= 4 is 29.6 Å². The predicted octanol–water partition coefficient (Wildman–Crippen LogP) is 3.14. The molecule has 4 amide bonds. The fourth-order valence-electron chi connectivity index (χ4n) is 7.79. The Balaban J connectivity index is 2.25. The lowest BCUT2D eigenvalue weighted by Gasteiger charge is -2.40. The van der Waals surface area contributed by atoms with E-state index in [-0.39, 0.29) is 60.3 Å². The van der Waals surface area contributed by atoms with Gasteiger partial charge in [-0.2, -0.15) is 0 Å². The molecule has 2 rings (SSSR count). The minimum Gasteiger partial charge on any atom is -0.467 e. The van der Waals surface area contributed by atoms with Crippen LogP contribution in [0.4, 0.5) is 0 Å². The number of methoxy groups -OCH3 is 3. The summed E-state index contributed by atoms with van der Waals surface area (Å²) in [5, 5.41) is 5.87. The van der Waals surface area contributed by atoms with Gasteiger partial charge in [0.2, 0.25) is 23.6 Å². The molecule has 300 valence electrons. The van der Waals surface area contributed by atoms with E-state index in [0.29, 0.717) is 13.0 Å². The molecule has 1 aromatic carbocycles. The van der Waals surface area contributed by atoms with Crippen molar-refractivity contribution in [1.82, 2.24) is 25.3 Å². The quantitative estimate of drug-likeness (QED) is 0.192. The van der Waals surface area contributed by atoms with Crippen molar-refractivity contribution in [1.29, 1.82) is 0 Å². The van der Waals surface area contributed by atoms with Crippen molar-refractivity contribution in [3.63, 3.8) is 0 Å². The fraction of sp³-hybridized carbons (Fsp3) is 0.725. The van der Waals surface area contributed by atoms with E-state index in [1.807, 2.05) is 90.9 Å². The number of ether oxygens (including phenoxy) is 3. The van der Waals surface area contributed by atoms with E-state index in [1.54, 1.807) is 23.8 Å². The van der Waals surface area contributed by atoms with E-state index in [9.17, 15) is 24.0 Å². The van der Waals surface area contributed by atoms with Crippen molar-refractivity contribution in [2.24, 2.45) is 23.7 Å². The van der Waals surface area contributed by atoms with Crippen LogP contribution < -0.4 is 10.6 Å². The molecular weight excluding hydrogens is 678 g/mol. The maximum atomic E-state index is 14.1. The lowest BCUT2D eigenvalue weighted by atomic mass is 9.91. The molecule has 0 aliphatic carbocycles. The van der Waals surface area contributed by atoms with Gasteiger partial charge in [-0.15, -0.1) is 0 Å². The summed E-state index contributed by atoms with van der Waals surface area (Å²) in [6.07, 6.45) is 0.342. The number of esters is 1. The number of likely N-dealkylation sites (N-methyl/N-ethyl adjacent to an activating group) is 2. The number of benzene rings is 1. The molecule has 53 heavy (non-hydrogen) atoms. The number of amides is 4. The number of carbonyl (C=O) groups excluding carboxylic acids is 5. The largest absolute Gasteiger partial charge is 0.467 e. The van der Waals surface area contributed by atoms with E-state index in [1.165, 1.54) is 21.3 Å². The van der Waals surface area contributed by atoms with Crippen molar-refractivity contribution in [3.05, 3.63) is 35.9 Å². The van der Waals surface area contributed by atoms with Crippen molar-refractivity contribution in [3.8, 4) is 0 Å². The number of hydrogen-bond acceptors (Lipinski definition) is 9. The van der Waals surface area contributed by atoms with Gasteiger partial charge in [0.25, 0.3) is 0 Å². The summed E-state index contributed by atoms with van der Waals surface area (Å²) in [5.41, 5.74) is 0.875. The number of rotatable bonds is 20. The number of likely N-dealkylation sites (tertiary alicyclic amines) is 1. The third-order valence-electron chi connectivity index (χ3n) is 10.5. The van der Waals surface area contributed by atoms with Gasteiger partial charge in [-0.05, 0) is 50.3 Å². The topological polar surface area (TPSA) is 147 Å². The molecule has 2 N–H and O–H groups in total. The minimum atomic E-state index is -0.889. The van der Waals surface area contributed by atoms with Crippen LogP contribution >= 0.6 is 0 Å². The highest BCUT2D eigenvalue weighted by atomic mass is 16.5. The Kier molecular flexibility index (Phi) is 18.4. The van der Waals surface area contributed by atoms with Gasteiger partial charge in [0.05, 0.1) is 49.8 Å². The van der Waals surface area contributed by atoms with E-state index < -0.39 is 48.3 Å². The Morgan fingerprint density at radius 3 is 1.94 bits per heavy atom. The van der Waals surface area contributed by atoms with Gasteiger partial charge in [0, 0.05) is 34.2 Å². The monoisotopic (exact) mass is 745 g/mol. The third-order valence-corrected chi connectivity index (χ3v) is 10.5. The second-order valence-corrected chi connectivity index (χ2v) is 15.6. The minimum absolute atomic E-state index is 0.000720. The van der Waals surface area contributed by atoms with Crippen LogP contribution in [0.25, 0.3) is 0 Å². The smallest absolute Gasteiger partial charge is 0.328 e. The Bertz CT molecular complexity index is 1330. The maximum absolute atomic E-state index is 14.1. The molecule has 1 aliphatic heterocycles. The third kappa shape index (κ3) is 12.2. The van der Waals surface area contributed by atoms with Crippen molar-refractivity contribution < 1.29 is 38.2 Å². The first kappa shape index (κ1) is 45.6. The number of nitrogens with one attached hydrogen (secondary N) is 2. The molecule has 0 bridgehead atoms. The summed E-state index contributed by atoms with van der Waals surface area (Å²) in [6.45, 7) is 13.9. The Labute approximate surface area is 317 Å². The standard InChI is InChI=1S/C40H67N5O8/c1-24(2)33(42-38(48)35(26(5)6)43(8)9)39(49)44(10)34(25(3)4)31(51-11)23-32(46)45-21-17-20-30(45)36(52-12)27(7)37(47)41-29(40(50)53-13)22-28-18-15-14-16-19-28/h14-16,18-19,24-27,29-31,33-36H,17,20-23H2,1-13H3,(H,41,47)(H,42,48)/t27-,29?,30+,31-,33+,34+,35?,36-/m1/s1. The summed E-state index contributed by atoms with van der Waals surface area (Å²) in [6, 6.07) is 6.44. The van der Waals surface area contributed by atoms with Gasteiger partial charge < -0.3 is 34.6 Å². The highest BCUT2D eigenvalue weighted by molar-refractivity contribution is 5.90. The molecule has 13 heteroatoms. The first-order valence-electron chi connectivity index (χ1n) is 18.9. The van der Waals surface area contributed by atoms with Gasteiger partial charge in [-0.3, -0.25) is 24.1 Å². The number of hydrogen-bond donors (Lipinski definition) is 2. The van der Waals surface area contributed by atoms with Gasteiger partial charge in [0.15, 0.2) is 0 Å². The van der Waals surface area contributed by atoms with Crippen molar-refractivity contribution in [2.45, 2.75) is 117 Å².